The van der Waals surface area contributed by atoms with Gasteiger partial charge in [-0.15, -0.1) is 11.3 Å². The Bertz CT molecular complexity index is 1670. The zero-order valence-electron chi connectivity index (χ0n) is 19.9. The van der Waals surface area contributed by atoms with Crippen LogP contribution in [0.25, 0.3) is 27.1 Å². The molecule has 4 aromatic heterocycles. The lowest BCUT2D eigenvalue weighted by Gasteiger charge is -2.22. The van der Waals surface area contributed by atoms with Crippen LogP contribution < -0.4 is 10.6 Å². The fourth-order valence-electron chi connectivity index (χ4n) is 3.75. The number of aliphatic hydroxyl groups is 1. The van der Waals surface area contributed by atoms with Gasteiger partial charge in [-0.25, -0.2) is 19.3 Å². The number of halogens is 1. The van der Waals surface area contributed by atoms with Gasteiger partial charge in [-0.3, -0.25) is 9.36 Å². The number of nitriles is 1. The molecular formula is C26H22FN7O2S. The van der Waals surface area contributed by atoms with Crippen molar-refractivity contribution in [1.29, 1.82) is 5.26 Å². The number of amides is 1. The van der Waals surface area contributed by atoms with Gasteiger partial charge in [-0.05, 0) is 44.2 Å². The van der Waals surface area contributed by atoms with Gasteiger partial charge in [0, 0.05) is 35.7 Å². The molecule has 0 fully saturated rings. The van der Waals surface area contributed by atoms with Crippen LogP contribution in [0.4, 0.5) is 15.8 Å². The van der Waals surface area contributed by atoms with E-state index in [0.29, 0.717) is 22.7 Å². The average Bonchev–Trinajstić information content (AvgIpc) is 3.52. The lowest BCUT2D eigenvalue weighted by molar-refractivity contribution is -0.00177. The first kappa shape index (κ1) is 24.3. The summed E-state index contributed by atoms with van der Waals surface area (Å²) in [7, 11) is 0. The summed E-state index contributed by atoms with van der Waals surface area (Å²) in [5.74, 6) is -0.0496. The number of alkyl halides is 1. The summed E-state index contributed by atoms with van der Waals surface area (Å²) in [4.78, 5) is 26.2. The van der Waals surface area contributed by atoms with Gasteiger partial charge in [0.25, 0.3) is 5.91 Å². The SMILES string of the molecule is CC(C)(O)[C@H](F)CNC(=O)c1cnc(-n2ccc3cc(C#N)cnc32)cc1Nc1ccc2ncsc2c1. The molecule has 186 valence electrons. The topological polar surface area (TPSA) is 129 Å². The molecule has 1 aromatic carbocycles. The monoisotopic (exact) mass is 515 g/mol. The summed E-state index contributed by atoms with van der Waals surface area (Å²) in [5.41, 5.74) is 3.47. The molecule has 9 nitrogen and oxygen atoms in total. The molecule has 0 aliphatic rings. The van der Waals surface area contributed by atoms with E-state index in [0.717, 1.165) is 21.3 Å². The van der Waals surface area contributed by atoms with Crippen molar-refractivity contribution in [2.24, 2.45) is 0 Å². The number of carbonyl (C=O) groups excluding carboxylic acids is 1. The van der Waals surface area contributed by atoms with Crippen molar-refractivity contribution in [2.75, 3.05) is 11.9 Å². The number of nitrogens with zero attached hydrogens (tertiary/aromatic N) is 5. The highest BCUT2D eigenvalue weighted by Crippen LogP contribution is 2.28. The minimum atomic E-state index is -1.65. The zero-order valence-corrected chi connectivity index (χ0v) is 20.8. The van der Waals surface area contributed by atoms with Crippen LogP contribution in [0, 0.1) is 11.3 Å². The predicted octanol–water partition coefficient (Wildman–Crippen LogP) is 4.48. The van der Waals surface area contributed by atoms with Crippen LogP contribution in [0.1, 0.15) is 29.8 Å². The fraction of sp³-hybridized carbons (Fsp3) is 0.192. The van der Waals surface area contributed by atoms with E-state index >= 15 is 0 Å². The Kier molecular flexibility index (Phi) is 6.29. The van der Waals surface area contributed by atoms with Gasteiger partial charge in [0.05, 0.1) is 44.7 Å². The molecule has 0 bridgehead atoms. The largest absolute Gasteiger partial charge is 0.387 e. The number of benzene rings is 1. The maximum atomic E-state index is 14.3. The van der Waals surface area contributed by atoms with E-state index in [1.807, 2.05) is 24.3 Å². The summed E-state index contributed by atoms with van der Waals surface area (Å²) in [6, 6.07) is 13.0. The Balaban J connectivity index is 1.52. The maximum Gasteiger partial charge on any atom is 0.255 e. The Hall–Kier alpha value is -4.40. The molecule has 0 spiro atoms. The van der Waals surface area contributed by atoms with Gasteiger partial charge < -0.3 is 15.7 Å². The second-order valence-corrected chi connectivity index (χ2v) is 9.90. The molecule has 1 amide bonds. The van der Waals surface area contributed by atoms with Gasteiger partial charge in [-0.1, -0.05) is 0 Å². The van der Waals surface area contributed by atoms with Crippen molar-refractivity contribution in [3.05, 3.63) is 71.6 Å². The number of aromatic nitrogens is 4. The summed E-state index contributed by atoms with van der Waals surface area (Å²) in [5, 5.41) is 25.6. The highest BCUT2D eigenvalue weighted by Gasteiger charge is 2.27. The molecule has 5 rings (SSSR count). The molecule has 0 unspecified atom stereocenters. The van der Waals surface area contributed by atoms with E-state index in [4.69, 9.17) is 5.26 Å². The number of nitrogens with one attached hydrogen (secondary N) is 2. The van der Waals surface area contributed by atoms with Crippen molar-refractivity contribution in [1.82, 2.24) is 24.8 Å². The van der Waals surface area contributed by atoms with Crippen molar-refractivity contribution in [2.45, 2.75) is 25.6 Å². The van der Waals surface area contributed by atoms with Crippen LogP contribution >= 0.6 is 11.3 Å². The molecule has 4 heterocycles. The number of hydrogen-bond donors (Lipinski definition) is 3. The summed E-state index contributed by atoms with van der Waals surface area (Å²) in [6.07, 6.45) is 3.03. The van der Waals surface area contributed by atoms with Crippen LogP contribution in [0.2, 0.25) is 0 Å². The van der Waals surface area contributed by atoms with Crippen LogP contribution in [-0.4, -0.2) is 48.9 Å². The van der Waals surface area contributed by atoms with Crippen molar-refractivity contribution in [3.8, 4) is 11.9 Å². The van der Waals surface area contributed by atoms with Crippen molar-refractivity contribution in [3.63, 3.8) is 0 Å². The Morgan fingerprint density at radius 1 is 1.22 bits per heavy atom. The highest BCUT2D eigenvalue weighted by molar-refractivity contribution is 7.16. The maximum absolute atomic E-state index is 14.3. The summed E-state index contributed by atoms with van der Waals surface area (Å²) < 4.78 is 17.0. The van der Waals surface area contributed by atoms with E-state index in [9.17, 15) is 14.3 Å². The van der Waals surface area contributed by atoms with Crippen molar-refractivity contribution >= 4 is 49.9 Å². The number of rotatable bonds is 7. The Morgan fingerprint density at radius 2 is 2.05 bits per heavy atom. The lowest BCUT2D eigenvalue weighted by atomic mass is 10.0. The minimum Gasteiger partial charge on any atom is -0.387 e. The smallest absolute Gasteiger partial charge is 0.255 e. The normalized spacial score (nSPS) is 12.4. The third-order valence-corrected chi connectivity index (χ3v) is 6.65. The molecule has 0 aliphatic carbocycles. The number of pyridine rings is 2. The molecule has 0 saturated carbocycles. The number of thiazole rings is 1. The first-order valence-corrected chi connectivity index (χ1v) is 12.2. The van der Waals surface area contributed by atoms with Crippen LogP contribution in [-0.2, 0) is 0 Å². The van der Waals surface area contributed by atoms with Crippen LogP contribution in [0.15, 0.2) is 60.5 Å². The molecule has 5 aromatic rings. The quantitative estimate of drug-likeness (QED) is 0.291. The van der Waals surface area contributed by atoms with E-state index < -0.39 is 17.7 Å². The van der Waals surface area contributed by atoms with E-state index in [2.05, 4.69) is 31.7 Å². The summed E-state index contributed by atoms with van der Waals surface area (Å²) in [6.45, 7) is 2.33. The van der Waals surface area contributed by atoms with E-state index in [1.54, 1.807) is 28.4 Å². The minimum absolute atomic E-state index is 0.201. The van der Waals surface area contributed by atoms with Crippen molar-refractivity contribution < 1.29 is 14.3 Å². The Morgan fingerprint density at radius 3 is 2.84 bits per heavy atom. The van der Waals surface area contributed by atoms with Gasteiger partial charge in [0.15, 0.2) is 0 Å². The molecule has 0 radical (unpaired) electrons. The van der Waals surface area contributed by atoms with E-state index in [-0.39, 0.29) is 12.1 Å². The Labute approximate surface area is 215 Å². The highest BCUT2D eigenvalue weighted by atomic mass is 32.1. The molecule has 11 heteroatoms. The molecule has 0 saturated heterocycles. The van der Waals surface area contributed by atoms with Gasteiger partial charge in [0.1, 0.15) is 23.7 Å². The number of carbonyl (C=O) groups is 1. The van der Waals surface area contributed by atoms with E-state index in [1.165, 1.54) is 37.6 Å². The molecule has 37 heavy (non-hydrogen) atoms. The average molecular weight is 516 g/mol. The molecule has 1 atom stereocenters. The molecular weight excluding hydrogens is 493 g/mol. The van der Waals surface area contributed by atoms with Crippen LogP contribution in [0.5, 0.6) is 0 Å². The zero-order chi connectivity index (χ0) is 26.2. The first-order chi connectivity index (χ1) is 17.7. The fourth-order valence-corrected chi connectivity index (χ4v) is 4.46. The third kappa shape index (κ3) is 4.97. The molecule has 3 N–H and O–H groups in total. The number of hydrogen-bond acceptors (Lipinski definition) is 8. The third-order valence-electron chi connectivity index (χ3n) is 5.86. The standard InChI is InChI=1S/C26H22FN7O2S/c1-26(2,36)22(27)13-31-25(35)18-12-29-23(34-6-5-16-7-15(10-28)11-30-24(16)34)9-20(18)33-17-3-4-19-21(8-17)37-14-32-19/h3-9,11-12,14,22,36H,13H2,1-2H3,(H,29,33)(H,31,35)/t22-/m1/s1. The lowest BCUT2D eigenvalue weighted by Crippen LogP contribution is -2.42. The van der Waals surface area contributed by atoms with Gasteiger partial charge in [0.2, 0.25) is 0 Å². The van der Waals surface area contributed by atoms with Gasteiger partial charge in [-0.2, -0.15) is 5.26 Å². The summed E-state index contributed by atoms with van der Waals surface area (Å²) >= 11 is 1.50. The first-order valence-electron chi connectivity index (χ1n) is 11.4. The molecule has 0 aliphatic heterocycles. The predicted molar refractivity (Wildman–Crippen MR) is 140 cm³/mol. The number of anilines is 2. The van der Waals surface area contributed by atoms with Gasteiger partial charge >= 0.3 is 0 Å². The second kappa shape index (κ2) is 9.57. The van der Waals surface area contributed by atoms with Crippen LogP contribution in [0.3, 0.4) is 0 Å². The number of fused-ring (bicyclic) bond motifs is 2. The second-order valence-electron chi connectivity index (χ2n) is 9.01.